The van der Waals surface area contributed by atoms with Crippen LogP contribution in [-0.2, 0) is 24.3 Å². The van der Waals surface area contributed by atoms with Gasteiger partial charge in [0.15, 0.2) is 0 Å². The second kappa shape index (κ2) is 8.21. The SMILES string of the molecule is O=C(CCc1ccccc1)N(Cc1nccn1Cc1ccccc1)C1CC1. The van der Waals surface area contributed by atoms with Crippen LogP contribution in [0.5, 0.6) is 0 Å². The average Bonchev–Trinajstić information content (AvgIpc) is 3.46. The lowest BCUT2D eigenvalue weighted by Gasteiger charge is -2.23. The molecule has 138 valence electrons. The second-order valence-corrected chi connectivity index (χ2v) is 7.20. The molecule has 4 rings (SSSR count). The van der Waals surface area contributed by atoms with Crippen molar-refractivity contribution in [3.05, 3.63) is 90.0 Å². The summed E-state index contributed by atoms with van der Waals surface area (Å²) < 4.78 is 2.15. The van der Waals surface area contributed by atoms with Crippen molar-refractivity contribution in [2.75, 3.05) is 0 Å². The third-order valence-corrected chi connectivity index (χ3v) is 5.09. The summed E-state index contributed by atoms with van der Waals surface area (Å²) in [6, 6.07) is 21.0. The molecule has 1 heterocycles. The van der Waals surface area contributed by atoms with Gasteiger partial charge in [-0.15, -0.1) is 0 Å². The summed E-state index contributed by atoms with van der Waals surface area (Å²) in [6.07, 6.45) is 7.40. The molecule has 0 saturated heterocycles. The van der Waals surface area contributed by atoms with Crippen molar-refractivity contribution in [1.29, 1.82) is 0 Å². The third-order valence-electron chi connectivity index (χ3n) is 5.09. The molecule has 0 N–H and O–H groups in total. The van der Waals surface area contributed by atoms with Crippen molar-refractivity contribution in [2.45, 2.75) is 44.8 Å². The summed E-state index contributed by atoms with van der Waals surface area (Å²) in [4.78, 5) is 19.4. The predicted octanol–water partition coefficient (Wildman–Crippen LogP) is 4.06. The molecule has 1 amide bonds. The molecule has 0 bridgehead atoms. The monoisotopic (exact) mass is 359 g/mol. The number of hydrogen-bond donors (Lipinski definition) is 0. The summed E-state index contributed by atoms with van der Waals surface area (Å²) in [5.41, 5.74) is 2.46. The molecule has 1 aliphatic rings. The van der Waals surface area contributed by atoms with Crippen LogP contribution in [0.4, 0.5) is 0 Å². The Morgan fingerprint density at radius 1 is 1.00 bits per heavy atom. The van der Waals surface area contributed by atoms with Gasteiger partial charge in [0, 0.05) is 31.4 Å². The first-order chi connectivity index (χ1) is 13.3. The third kappa shape index (κ3) is 4.64. The number of benzene rings is 2. The number of imidazole rings is 1. The van der Waals surface area contributed by atoms with Gasteiger partial charge in [0.1, 0.15) is 5.82 Å². The first kappa shape index (κ1) is 17.5. The molecule has 0 unspecified atom stereocenters. The minimum absolute atomic E-state index is 0.232. The van der Waals surface area contributed by atoms with Crippen LogP contribution in [0.15, 0.2) is 73.1 Å². The minimum atomic E-state index is 0.232. The number of nitrogens with zero attached hydrogens (tertiary/aromatic N) is 3. The van der Waals surface area contributed by atoms with Crippen LogP contribution >= 0.6 is 0 Å². The maximum Gasteiger partial charge on any atom is 0.223 e. The summed E-state index contributed by atoms with van der Waals surface area (Å²) in [6.45, 7) is 1.38. The van der Waals surface area contributed by atoms with Crippen molar-refractivity contribution in [3.63, 3.8) is 0 Å². The van der Waals surface area contributed by atoms with Crippen molar-refractivity contribution in [3.8, 4) is 0 Å². The van der Waals surface area contributed by atoms with Crippen LogP contribution in [0.3, 0.4) is 0 Å². The van der Waals surface area contributed by atoms with E-state index < -0.39 is 0 Å². The predicted molar refractivity (Wildman–Crippen MR) is 106 cm³/mol. The molecule has 0 spiro atoms. The molecule has 0 aliphatic heterocycles. The molecular formula is C23H25N3O. The Morgan fingerprint density at radius 2 is 1.67 bits per heavy atom. The fourth-order valence-electron chi connectivity index (χ4n) is 3.41. The average molecular weight is 359 g/mol. The highest BCUT2D eigenvalue weighted by molar-refractivity contribution is 5.77. The lowest BCUT2D eigenvalue weighted by Crippen LogP contribution is -2.33. The Balaban J connectivity index is 1.42. The number of rotatable bonds is 8. The van der Waals surface area contributed by atoms with E-state index in [1.807, 2.05) is 41.6 Å². The van der Waals surface area contributed by atoms with E-state index in [-0.39, 0.29) is 5.91 Å². The van der Waals surface area contributed by atoms with Crippen LogP contribution in [0.1, 0.15) is 36.2 Å². The highest BCUT2D eigenvalue weighted by atomic mass is 16.2. The van der Waals surface area contributed by atoms with Crippen LogP contribution in [-0.4, -0.2) is 26.4 Å². The highest BCUT2D eigenvalue weighted by Gasteiger charge is 2.33. The molecule has 1 fully saturated rings. The maximum atomic E-state index is 12.9. The van der Waals surface area contributed by atoms with Gasteiger partial charge in [0.2, 0.25) is 5.91 Å². The molecule has 1 saturated carbocycles. The largest absolute Gasteiger partial charge is 0.332 e. The van der Waals surface area contributed by atoms with Crippen molar-refractivity contribution in [1.82, 2.24) is 14.5 Å². The Kier molecular flexibility index (Phi) is 5.33. The van der Waals surface area contributed by atoms with E-state index >= 15 is 0 Å². The smallest absolute Gasteiger partial charge is 0.223 e. The Bertz CT molecular complexity index is 869. The van der Waals surface area contributed by atoms with E-state index in [0.717, 1.165) is 31.6 Å². The van der Waals surface area contributed by atoms with Gasteiger partial charge in [-0.25, -0.2) is 4.98 Å². The molecule has 4 heteroatoms. The van der Waals surface area contributed by atoms with E-state index in [1.54, 1.807) is 0 Å². The Morgan fingerprint density at radius 3 is 2.33 bits per heavy atom. The molecule has 3 aromatic rings. The van der Waals surface area contributed by atoms with E-state index in [0.29, 0.717) is 19.0 Å². The second-order valence-electron chi connectivity index (χ2n) is 7.20. The zero-order valence-electron chi connectivity index (χ0n) is 15.5. The molecule has 4 nitrogen and oxygen atoms in total. The zero-order valence-corrected chi connectivity index (χ0v) is 15.5. The Hall–Kier alpha value is -2.88. The lowest BCUT2D eigenvalue weighted by atomic mass is 10.1. The Labute approximate surface area is 160 Å². The van der Waals surface area contributed by atoms with Crippen molar-refractivity contribution >= 4 is 5.91 Å². The molecule has 1 aromatic heterocycles. The lowest BCUT2D eigenvalue weighted by molar-refractivity contribution is -0.132. The van der Waals surface area contributed by atoms with Gasteiger partial charge in [-0.3, -0.25) is 4.79 Å². The van der Waals surface area contributed by atoms with E-state index in [2.05, 4.69) is 45.9 Å². The quantitative estimate of drug-likeness (QED) is 0.608. The first-order valence-electron chi connectivity index (χ1n) is 9.67. The van der Waals surface area contributed by atoms with E-state index in [1.165, 1.54) is 11.1 Å². The number of carbonyl (C=O) groups excluding carboxylic acids is 1. The summed E-state index contributed by atoms with van der Waals surface area (Å²) in [5.74, 6) is 1.19. The topological polar surface area (TPSA) is 38.1 Å². The normalized spacial score (nSPS) is 13.5. The van der Waals surface area contributed by atoms with Crippen molar-refractivity contribution in [2.24, 2.45) is 0 Å². The fraction of sp³-hybridized carbons (Fsp3) is 0.304. The molecule has 0 atom stereocenters. The van der Waals surface area contributed by atoms with E-state index in [9.17, 15) is 4.79 Å². The van der Waals surface area contributed by atoms with Crippen LogP contribution in [0, 0.1) is 0 Å². The van der Waals surface area contributed by atoms with Gasteiger partial charge in [-0.1, -0.05) is 60.7 Å². The van der Waals surface area contributed by atoms with Crippen molar-refractivity contribution < 1.29 is 4.79 Å². The summed E-state index contributed by atoms with van der Waals surface area (Å²) in [5, 5.41) is 0. The van der Waals surface area contributed by atoms with Gasteiger partial charge in [-0.2, -0.15) is 0 Å². The zero-order chi connectivity index (χ0) is 18.5. The van der Waals surface area contributed by atoms with E-state index in [4.69, 9.17) is 0 Å². The fourth-order valence-corrected chi connectivity index (χ4v) is 3.41. The summed E-state index contributed by atoms with van der Waals surface area (Å²) in [7, 11) is 0. The molecule has 1 aliphatic carbocycles. The summed E-state index contributed by atoms with van der Waals surface area (Å²) >= 11 is 0. The number of carbonyl (C=O) groups is 1. The van der Waals surface area contributed by atoms with Gasteiger partial charge < -0.3 is 9.47 Å². The van der Waals surface area contributed by atoms with Gasteiger partial charge in [0.05, 0.1) is 6.54 Å². The molecular weight excluding hydrogens is 334 g/mol. The van der Waals surface area contributed by atoms with Crippen LogP contribution < -0.4 is 0 Å². The highest BCUT2D eigenvalue weighted by Crippen LogP contribution is 2.29. The maximum absolute atomic E-state index is 12.9. The van der Waals surface area contributed by atoms with Gasteiger partial charge >= 0.3 is 0 Å². The molecule has 27 heavy (non-hydrogen) atoms. The van der Waals surface area contributed by atoms with Crippen LogP contribution in [0.25, 0.3) is 0 Å². The number of aryl methyl sites for hydroxylation is 1. The standard InChI is InChI=1S/C23H25N3O/c27-23(14-11-19-7-3-1-4-8-19)26(21-12-13-21)18-22-24-15-16-25(22)17-20-9-5-2-6-10-20/h1-10,15-16,21H,11-14,17-18H2. The number of amides is 1. The van der Waals surface area contributed by atoms with Gasteiger partial charge in [0.25, 0.3) is 0 Å². The molecule has 0 radical (unpaired) electrons. The minimum Gasteiger partial charge on any atom is -0.332 e. The van der Waals surface area contributed by atoms with Gasteiger partial charge in [-0.05, 0) is 30.4 Å². The van der Waals surface area contributed by atoms with Crippen LogP contribution in [0.2, 0.25) is 0 Å². The number of aromatic nitrogens is 2. The number of hydrogen-bond acceptors (Lipinski definition) is 2. The molecule has 2 aromatic carbocycles. The first-order valence-corrected chi connectivity index (χ1v) is 9.67.